The second-order valence-electron chi connectivity index (χ2n) is 6.01. The highest BCUT2D eigenvalue weighted by Gasteiger charge is 2.24. The molecule has 1 amide bonds. The first kappa shape index (κ1) is 17.0. The molecule has 6 nitrogen and oxygen atoms in total. The van der Waals surface area contributed by atoms with Gasteiger partial charge in [-0.25, -0.2) is 0 Å². The lowest BCUT2D eigenvalue weighted by molar-refractivity contribution is -0.131. The van der Waals surface area contributed by atoms with Gasteiger partial charge in [-0.2, -0.15) is 0 Å². The van der Waals surface area contributed by atoms with Crippen molar-refractivity contribution in [2.75, 3.05) is 12.3 Å². The fourth-order valence-electron chi connectivity index (χ4n) is 3.07. The summed E-state index contributed by atoms with van der Waals surface area (Å²) in [5.74, 6) is 1.43. The summed E-state index contributed by atoms with van der Waals surface area (Å²) in [5.41, 5.74) is 0.988. The van der Waals surface area contributed by atoms with E-state index in [0.29, 0.717) is 11.8 Å². The third kappa shape index (κ3) is 3.61. The molecule has 0 aromatic carbocycles. The Morgan fingerprint density at radius 3 is 2.79 bits per heavy atom. The molecule has 0 radical (unpaired) electrons. The molecule has 0 N–H and O–H groups in total. The first-order chi connectivity index (χ1) is 11.7. The van der Waals surface area contributed by atoms with E-state index in [-0.39, 0.29) is 5.91 Å². The lowest BCUT2D eigenvalue weighted by atomic mass is 10.0. The van der Waals surface area contributed by atoms with Gasteiger partial charge in [0, 0.05) is 37.1 Å². The molecular formula is C17H23N5OS. The Hall–Kier alpha value is -1.89. The molecule has 1 saturated heterocycles. The molecule has 0 aliphatic carbocycles. The van der Waals surface area contributed by atoms with Gasteiger partial charge in [0.2, 0.25) is 5.91 Å². The molecule has 1 fully saturated rings. The summed E-state index contributed by atoms with van der Waals surface area (Å²) in [6, 6.07) is 4.19. The normalized spacial score (nSPS) is 17.9. The summed E-state index contributed by atoms with van der Waals surface area (Å²) in [4.78, 5) is 18.5. The maximum absolute atomic E-state index is 12.5. The van der Waals surface area contributed by atoms with Gasteiger partial charge in [0.1, 0.15) is 0 Å². The predicted molar refractivity (Wildman–Crippen MR) is 94.7 cm³/mol. The average Bonchev–Trinajstić information content (AvgIpc) is 3.03. The Labute approximate surface area is 146 Å². The minimum absolute atomic E-state index is 0.198. The third-order valence-corrected chi connectivity index (χ3v) is 5.37. The SMILES string of the molecule is CCn1c(SCC(=O)N2CCCCC2C)nnc1-c1ccncc1. The predicted octanol–water partition coefficient (Wildman–Crippen LogP) is 2.85. The highest BCUT2D eigenvalue weighted by atomic mass is 32.2. The van der Waals surface area contributed by atoms with Crippen LogP contribution in [0, 0.1) is 0 Å². The summed E-state index contributed by atoms with van der Waals surface area (Å²) in [7, 11) is 0. The van der Waals surface area contributed by atoms with E-state index in [0.717, 1.165) is 42.5 Å². The Kier molecular flexibility index (Phi) is 5.50. The van der Waals surface area contributed by atoms with Crippen molar-refractivity contribution in [3.05, 3.63) is 24.5 Å². The lowest BCUT2D eigenvalue weighted by Crippen LogP contribution is -2.43. The number of carbonyl (C=O) groups is 1. The quantitative estimate of drug-likeness (QED) is 0.780. The van der Waals surface area contributed by atoms with E-state index in [4.69, 9.17) is 0 Å². The highest BCUT2D eigenvalue weighted by molar-refractivity contribution is 7.99. The van der Waals surface area contributed by atoms with Crippen molar-refractivity contribution in [2.45, 2.75) is 50.9 Å². The topological polar surface area (TPSA) is 63.9 Å². The standard InChI is InChI=1S/C17H23N5OS/c1-3-21-16(14-7-9-18-10-8-14)19-20-17(21)24-12-15(23)22-11-5-4-6-13(22)2/h7-10,13H,3-6,11-12H2,1-2H3. The van der Waals surface area contributed by atoms with Crippen LogP contribution in [0.4, 0.5) is 0 Å². The average molecular weight is 345 g/mol. The van der Waals surface area contributed by atoms with Gasteiger partial charge in [0.05, 0.1) is 5.75 Å². The maximum Gasteiger partial charge on any atom is 0.233 e. The summed E-state index contributed by atoms with van der Waals surface area (Å²) in [6.45, 7) is 5.84. The molecule has 0 spiro atoms. The maximum atomic E-state index is 12.5. The van der Waals surface area contributed by atoms with Gasteiger partial charge in [-0.1, -0.05) is 11.8 Å². The van der Waals surface area contributed by atoms with Crippen LogP contribution in [0.5, 0.6) is 0 Å². The molecule has 1 aliphatic rings. The zero-order valence-corrected chi connectivity index (χ0v) is 15.0. The monoisotopic (exact) mass is 345 g/mol. The molecule has 24 heavy (non-hydrogen) atoms. The van der Waals surface area contributed by atoms with Gasteiger partial charge >= 0.3 is 0 Å². The fraction of sp³-hybridized carbons (Fsp3) is 0.529. The van der Waals surface area contributed by atoms with Crippen LogP contribution in [0.25, 0.3) is 11.4 Å². The molecular weight excluding hydrogens is 322 g/mol. The summed E-state index contributed by atoms with van der Waals surface area (Å²) in [6.07, 6.45) is 6.93. The first-order valence-corrected chi connectivity index (χ1v) is 9.45. The largest absolute Gasteiger partial charge is 0.339 e. The van der Waals surface area contributed by atoms with Gasteiger partial charge in [-0.05, 0) is 45.2 Å². The summed E-state index contributed by atoms with van der Waals surface area (Å²) < 4.78 is 2.05. The van der Waals surface area contributed by atoms with Crippen LogP contribution >= 0.6 is 11.8 Å². The molecule has 2 aromatic heterocycles. The van der Waals surface area contributed by atoms with Gasteiger partial charge in [0.25, 0.3) is 0 Å². The van der Waals surface area contributed by atoms with Crippen molar-refractivity contribution in [1.29, 1.82) is 0 Å². The third-order valence-electron chi connectivity index (χ3n) is 4.42. The van der Waals surface area contributed by atoms with Crippen molar-refractivity contribution < 1.29 is 4.79 Å². The number of carbonyl (C=O) groups excluding carboxylic acids is 1. The van der Waals surface area contributed by atoms with Crippen LogP contribution in [0.1, 0.15) is 33.1 Å². The van der Waals surface area contributed by atoms with Crippen molar-refractivity contribution in [2.24, 2.45) is 0 Å². The molecule has 3 heterocycles. The minimum atomic E-state index is 0.198. The van der Waals surface area contributed by atoms with Gasteiger partial charge in [0.15, 0.2) is 11.0 Å². The number of pyridine rings is 1. The highest BCUT2D eigenvalue weighted by Crippen LogP contribution is 2.25. The van der Waals surface area contributed by atoms with Gasteiger partial charge in [-0.15, -0.1) is 10.2 Å². The van der Waals surface area contributed by atoms with Crippen LogP contribution in [0.15, 0.2) is 29.7 Å². The molecule has 1 atom stereocenters. The van der Waals surface area contributed by atoms with E-state index >= 15 is 0 Å². The number of piperidine rings is 1. The van der Waals surface area contributed by atoms with Crippen LogP contribution < -0.4 is 0 Å². The smallest absolute Gasteiger partial charge is 0.233 e. The molecule has 0 saturated carbocycles. The molecule has 7 heteroatoms. The number of amides is 1. The van der Waals surface area contributed by atoms with E-state index in [1.54, 1.807) is 12.4 Å². The number of hydrogen-bond acceptors (Lipinski definition) is 5. The van der Waals surface area contributed by atoms with E-state index in [9.17, 15) is 4.79 Å². The zero-order chi connectivity index (χ0) is 16.9. The zero-order valence-electron chi connectivity index (χ0n) is 14.2. The number of aromatic nitrogens is 4. The van der Waals surface area contributed by atoms with E-state index in [2.05, 4.69) is 29.0 Å². The number of likely N-dealkylation sites (tertiary alicyclic amines) is 1. The van der Waals surface area contributed by atoms with E-state index in [1.165, 1.54) is 18.2 Å². The lowest BCUT2D eigenvalue weighted by Gasteiger charge is -2.33. The van der Waals surface area contributed by atoms with Crippen molar-refractivity contribution in [3.8, 4) is 11.4 Å². The van der Waals surface area contributed by atoms with Crippen molar-refractivity contribution >= 4 is 17.7 Å². The second-order valence-corrected chi connectivity index (χ2v) is 6.95. The van der Waals surface area contributed by atoms with Crippen LogP contribution in [-0.4, -0.2) is 48.9 Å². The number of thioether (sulfide) groups is 1. The second kappa shape index (κ2) is 7.79. The van der Waals surface area contributed by atoms with Gasteiger partial charge in [-0.3, -0.25) is 9.78 Å². The first-order valence-electron chi connectivity index (χ1n) is 8.46. The Morgan fingerprint density at radius 1 is 1.29 bits per heavy atom. The van der Waals surface area contributed by atoms with Crippen LogP contribution in [-0.2, 0) is 11.3 Å². The van der Waals surface area contributed by atoms with Gasteiger partial charge < -0.3 is 9.47 Å². The molecule has 3 rings (SSSR count). The Balaban J connectivity index is 1.69. The van der Waals surface area contributed by atoms with Crippen molar-refractivity contribution in [1.82, 2.24) is 24.6 Å². The Bertz CT molecular complexity index is 688. The minimum Gasteiger partial charge on any atom is -0.339 e. The molecule has 0 bridgehead atoms. The van der Waals surface area contributed by atoms with Crippen molar-refractivity contribution in [3.63, 3.8) is 0 Å². The molecule has 1 aliphatic heterocycles. The number of nitrogens with zero attached hydrogens (tertiary/aromatic N) is 5. The van der Waals surface area contributed by atoms with Crippen LogP contribution in [0.3, 0.4) is 0 Å². The van der Waals surface area contributed by atoms with E-state index < -0.39 is 0 Å². The number of rotatable bonds is 5. The number of hydrogen-bond donors (Lipinski definition) is 0. The summed E-state index contributed by atoms with van der Waals surface area (Å²) in [5, 5.41) is 9.38. The molecule has 1 unspecified atom stereocenters. The Morgan fingerprint density at radius 2 is 2.08 bits per heavy atom. The molecule has 2 aromatic rings. The fourth-order valence-corrected chi connectivity index (χ4v) is 3.96. The summed E-state index contributed by atoms with van der Waals surface area (Å²) >= 11 is 1.47. The van der Waals surface area contributed by atoms with Crippen LogP contribution in [0.2, 0.25) is 0 Å². The van der Waals surface area contributed by atoms with E-state index in [1.807, 2.05) is 21.6 Å². The molecule has 128 valence electrons.